The zero-order valence-electron chi connectivity index (χ0n) is 13.0. The van der Waals surface area contributed by atoms with Crippen molar-refractivity contribution in [3.63, 3.8) is 0 Å². The lowest BCUT2D eigenvalue weighted by Crippen LogP contribution is -2.23. The first-order valence-electron chi connectivity index (χ1n) is 7.72. The van der Waals surface area contributed by atoms with Crippen LogP contribution in [0.1, 0.15) is 34.3 Å². The summed E-state index contributed by atoms with van der Waals surface area (Å²) in [5.74, 6) is -0.0657. The van der Waals surface area contributed by atoms with Gasteiger partial charge in [-0.1, -0.05) is 37.6 Å². The average molecular weight is 325 g/mol. The number of carbonyl (C=O) groups is 1. The van der Waals surface area contributed by atoms with Gasteiger partial charge >= 0.3 is 0 Å². The highest BCUT2D eigenvalue weighted by atomic mass is 32.1. The second kappa shape index (κ2) is 7.24. The number of para-hydroxylation sites is 1. The maximum atomic E-state index is 12.5. The number of benzene rings is 1. The zero-order valence-corrected chi connectivity index (χ0v) is 13.8. The SMILES string of the molecule is CCCc1c(C(=O)NCc2cccs2)cnn1-c1ccccc1. The molecule has 23 heavy (non-hydrogen) atoms. The van der Waals surface area contributed by atoms with Gasteiger partial charge in [0.15, 0.2) is 0 Å². The van der Waals surface area contributed by atoms with Crippen LogP contribution in [0.5, 0.6) is 0 Å². The molecule has 1 N–H and O–H groups in total. The molecular formula is C18H19N3OS. The molecule has 0 aliphatic carbocycles. The molecule has 0 saturated carbocycles. The Labute approximate surface area is 139 Å². The molecule has 0 unspecified atom stereocenters. The molecular weight excluding hydrogens is 306 g/mol. The Hall–Kier alpha value is -2.40. The van der Waals surface area contributed by atoms with Crippen LogP contribution in [0, 0.1) is 0 Å². The van der Waals surface area contributed by atoms with Crippen molar-refractivity contribution in [3.05, 3.63) is 70.2 Å². The van der Waals surface area contributed by atoms with E-state index in [0.29, 0.717) is 12.1 Å². The van der Waals surface area contributed by atoms with Gasteiger partial charge in [-0.15, -0.1) is 11.3 Å². The number of nitrogens with one attached hydrogen (secondary N) is 1. The van der Waals surface area contributed by atoms with Crippen LogP contribution in [-0.4, -0.2) is 15.7 Å². The number of amides is 1. The van der Waals surface area contributed by atoms with E-state index in [2.05, 4.69) is 17.3 Å². The van der Waals surface area contributed by atoms with Gasteiger partial charge in [-0.2, -0.15) is 5.10 Å². The van der Waals surface area contributed by atoms with Gasteiger partial charge in [0.2, 0.25) is 0 Å². The Morgan fingerprint density at radius 1 is 1.22 bits per heavy atom. The Morgan fingerprint density at radius 3 is 2.74 bits per heavy atom. The molecule has 0 fully saturated rings. The molecule has 2 heterocycles. The summed E-state index contributed by atoms with van der Waals surface area (Å²) in [4.78, 5) is 13.7. The highest BCUT2D eigenvalue weighted by Crippen LogP contribution is 2.17. The summed E-state index contributed by atoms with van der Waals surface area (Å²) in [5, 5.41) is 9.42. The average Bonchev–Trinajstić information content (AvgIpc) is 3.23. The second-order valence-electron chi connectivity index (χ2n) is 5.26. The largest absolute Gasteiger partial charge is 0.347 e. The van der Waals surface area contributed by atoms with Gasteiger partial charge in [0, 0.05) is 4.88 Å². The Morgan fingerprint density at radius 2 is 2.04 bits per heavy atom. The third kappa shape index (κ3) is 3.51. The van der Waals surface area contributed by atoms with Crippen molar-refractivity contribution in [1.29, 1.82) is 0 Å². The van der Waals surface area contributed by atoms with Crippen LogP contribution >= 0.6 is 11.3 Å². The lowest BCUT2D eigenvalue weighted by Gasteiger charge is -2.09. The lowest BCUT2D eigenvalue weighted by molar-refractivity contribution is 0.0950. The van der Waals surface area contributed by atoms with Crippen molar-refractivity contribution in [2.75, 3.05) is 0 Å². The van der Waals surface area contributed by atoms with E-state index in [9.17, 15) is 4.79 Å². The van der Waals surface area contributed by atoms with Crippen LogP contribution in [0.4, 0.5) is 0 Å². The minimum Gasteiger partial charge on any atom is -0.347 e. The normalized spacial score (nSPS) is 10.7. The van der Waals surface area contributed by atoms with E-state index in [1.165, 1.54) is 0 Å². The summed E-state index contributed by atoms with van der Waals surface area (Å²) in [5.41, 5.74) is 2.60. The van der Waals surface area contributed by atoms with Gasteiger partial charge in [-0.05, 0) is 30.0 Å². The molecule has 118 valence electrons. The third-order valence-electron chi connectivity index (χ3n) is 3.60. The van der Waals surface area contributed by atoms with E-state index < -0.39 is 0 Å². The van der Waals surface area contributed by atoms with Gasteiger partial charge in [-0.25, -0.2) is 4.68 Å². The summed E-state index contributed by atoms with van der Waals surface area (Å²) >= 11 is 1.64. The van der Waals surface area contributed by atoms with Gasteiger partial charge < -0.3 is 5.32 Å². The predicted octanol–water partition coefficient (Wildman–Crippen LogP) is 3.82. The van der Waals surface area contributed by atoms with Crippen molar-refractivity contribution in [2.24, 2.45) is 0 Å². The number of thiophene rings is 1. The van der Waals surface area contributed by atoms with Crippen molar-refractivity contribution in [2.45, 2.75) is 26.3 Å². The van der Waals surface area contributed by atoms with Gasteiger partial charge in [0.1, 0.15) is 0 Å². The molecule has 1 aromatic carbocycles. The highest BCUT2D eigenvalue weighted by molar-refractivity contribution is 7.09. The fraction of sp³-hybridized carbons (Fsp3) is 0.222. The van der Waals surface area contributed by atoms with Crippen LogP contribution < -0.4 is 5.32 Å². The first-order valence-corrected chi connectivity index (χ1v) is 8.60. The Bertz CT molecular complexity index is 763. The molecule has 2 aromatic heterocycles. The van der Waals surface area contributed by atoms with Gasteiger partial charge in [-0.3, -0.25) is 4.79 Å². The number of carbonyl (C=O) groups excluding carboxylic acids is 1. The smallest absolute Gasteiger partial charge is 0.255 e. The fourth-order valence-corrected chi connectivity index (χ4v) is 3.15. The summed E-state index contributed by atoms with van der Waals surface area (Å²) in [6, 6.07) is 13.9. The summed E-state index contributed by atoms with van der Waals surface area (Å²) in [6.45, 7) is 2.66. The molecule has 1 amide bonds. The molecule has 0 atom stereocenters. The van der Waals surface area contributed by atoms with Gasteiger partial charge in [0.25, 0.3) is 5.91 Å². The van der Waals surface area contributed by atoms with E-state index in [0.717, 1.165) is 29.1 Å². The zero-order chi connectivity index (χ0) is 16.1. The van der Waals surface area contributed by atoms with Crippen molar-refractivity contribution in [1.82, 2.24) is 15.1 Å². The summed E-state index contributed by atoms with van der Waals surface area (Å²) in [6.07, 6.45) is 3.45. The van der Waals surface area contributed by atoms with Crippen molar-refractivity contribution >= 4 is 17.2 Å². The van der Waals surface area contributed by atoms with Crippen LogP contribution in [0.25, 0.3) is 5.69 Å². The maximum absolute atomic E-state index is 12.5. The summed E-state index contributed by atoms with van der Waals surface area (Å²) < 4.78 is 1.86. The Kier molecular flexibility index (Phi) is 4.88. The molecule has 4 nitrogen and oxygen atoms in total. The van der Waals surface area contributed by atoms with Crippen LogP contribution in [0.3, 0.4) is 0 Å². The summed E-state index contributed by atoms with van der Waals surface area (Å²) in [7, 11) is 0. The third-order valence-corrected chi connectivity index (χ3v) is 4.48. The van der Waals surface area contributed by atoms with Crippen LogP contribution in [0.2, 0.25) is 0 Å². The van der Waals surface area contributed by atoms with Crippen molar-refractivity contribution < 1.29 is 4.79 Å². The predicted molar refractivity (Wildman–Crippen MR) is 93.0 cm³/mol. The fourth-order valence-electron chi connectivity index (χ4n) is 2.51. The molecule has 0 radical (unpaired) electrons. The molecule has 0 saturated heterocycles. The number of hydrogen-bond donors (Lipinski definition) is 1. The minimum atomic E-state index is -0.0657. The van der Waals surface area contributed by atoms with Crippen molar-refractivity contribution in [3.8, 4) is 5.69 Å². The van der Waals surface area contributed by atoms with Gasteiger partial charge in [0.05, 0.1) is 29.7 Å². The molecule has 0 spiro atoms. The Balaban J connectivity index is 1.84. The number of nitrogens with zero attached hydrogens (tertiary/aromatic N) is 2. The van der Waals surface area contributed by atoms with E-state index >= 15 is 0 Å². The molecule has 3 aromatic rings. The monoisotopic (exact) mass is 325 g/mol. The van der Waals surface area contributed by atoms with E-state index in [1.54, 1.807) is 17.5 Å². The molecule has 5 heteroatoms. The molecule has 0 aliphatic heterocycles. The second-order valence-corrected chi connectivity index (χ2v) is 6.30. The topological polar surface area (TPSA) is 46.9 Å². The lowest BCUT2D eigenvalue weighted by atomic mass is 10.1. The number of hydrogen-bond acceptors (Lipinski definition) is 3. The van der Waals surface area contributed by atoms with E-state index in [4.69, 9.17) is 0 Å². The molecule has 3 rings (SSSR count). The number of aromatic nitrogens is 2. The maximum Gasteiger partial charge on any atom is 0.255 e. The number of rotatable bonds is 6. The molecule has 0 bridgehead atoms. The molecule has 0 aliphatic rings. The first kappa shape index (κ1) is 15.5. The van der Waals surface area contributed by atoms with E-state index in [-0.39, 0.29) is 5.91 Å². The van der Waals surface area contributed by atoms with Crippen LogP contribution in [0.15, 0.2) is 54.0 Å². The standard InChI is InChI=1S/C18H19N3OS/c1-2-7-17-16(18(22)19-12-15-10-6-11-23-15)13-20-21(17)14-8-4-3-5-9-14/h3-6,8-11,13H,2,7,12H2,1H3,(H,19,22). The highest BCUT2D eigenvalue weighted by Gasteiger charge is 2.17. The quantitative estimate of drug-likeness (QED) is 0.749. The minimum absolute atomic E-state index is 0.0657. The van der Waals surface area contributed by atoms with E-state index in [1.807, 2.05) is 52.5 Å². The first-order chi connectivity index (χ1) is 11.3. The van der Waals surface area contributed by atoms with Crippen LogP contribution in [-0.2, 0) is 13.0 Å².